The van der Waals surface area contributed by atoms with Crippen LogP contribution < -0.4 is 0 Å². The van der Waals surface area contributed by atoms with E-state index in [0.29, 0.717) is 11.7 Å². The molecule has 1 heterocycles. The van der Waals surface area contributed by atoms with Crippen molar-refractivity contribution in [1.29, 1.82) is 0 Å². The van der Waals surface area contributed by atoms with Crippen molar-refractivity contribution in [2.24, 2.45) is 0 Å². The number of hydrogen-bond acceptors (Lipinski definition) is 4. The molecular weight excluding hydrogens is 204 g/mol. The lowest BCUT2D eigenvalue weighted by atomic mass is 10.1. The van der Waals surface area contributed by atoms with Crippen LogP contribution in [0.25, 0.3) is 11.4 Å². The minimum atomic E-state index is 0.0134. The highest BCUT2D eigenvalue weighted by Gasteiger charge is 2.09. The molecule has 0 amide bonds. The lowest BCUT2D eigenvalue weighted by Crippen LogP contribution is -1.96. The Kier molecular flexibility index (Phi) is 2.81. The Morgan fingerprint density at radius 1 is 1.44 bits per heavy atom. The first kappa shape index (κ1) is 10.5. The van der Waals surface area contributed by atoms with Crippen molar-refractivity contribution in [1.82, 2.24) is 10.1 Å². The normalized spacial score (nSPS) is 10.4. The number of nitrogens with zero attached hydrogens (tertiary/aromatic N) is 2. The van der Waals surface area contributed by atoms with Gasteiger partial charge in [-0.25, -0.2) is 0 Å². The molecule has 4 nitrogen and oxygen atoms in total. The fraction of sp³-hybridized carbons (Fsp3) is 0.250. The van der Waals surface area contributed by atoms with Crippen molar-refractivity contribution in [3.05, 3.63) is 35.7 Å². The highest BCUT2D eigenvalue weighted by molar-refractivity contribution is 5.77. The molecule has 0 aliphatic carbocycles. The smallest absolute Gasteiger partial charge is 0.234 e. The molecule has 1 aromatic heterocycles. The van der Waals surface area contributed by atoms with Gasteiger partial charge in [-0.05, 0) is 19.9 Å². The maximum Gasteiger partial charge on any atom is 0.234 e. The fourth-order valence-corrected chi connectivity index (χ4v) is 1.44. The Hall–Kier alpha value is -1.97. The number of carbonyl (C=O) groups excluding carboxylic acids is 1. The first-order valence-corrected chi connectivity index (χ1v) is 5.04. The molecule has 0 unspecified atom stereocenters. The number of ketones is 1. The Balaban J connectivity index is 2.28. The third kappa shape index (κ3) is 2.34. The Morgan fingerprint density at radius 3 is 2.94 bits per heavy atom. The summed E-state index contributed by atoms with van der Waals surface area (Å²) >= 11 is 0. The highest BCUT2D eigenvalue weighted by Crippen LogP contribution is 2.16. The third-order valence-electron chi connectivity index (χ3n) is 2.14. The second-order valence-corrected chi connectivity index (χ2v) is 3.76. The summed E-state index contributed by atoms with van der Waals surface area (Å²) in [4.78, 5) is 15.0. The molecule has 2 aromatic rings. The van der Waals surface area contributed by atoms with Gasteiger partial charge < -0.3 is 4.52 Å². The molecule has 4 heteroatoms. The Bertz CT molecular complexity index is 517. The van der Waals surface area contributed by atoms with Gasteiger partial charge in [-0.2, -0.15) is 4.98 Å². The lowest BCUT2D eigenvalue weighted by Gasteiger charge is -1.94. The van der Waals surface area contributed by atoms with Crippen molar-refractivity contribution in [2.45, 2.75) is 20.3 Å². The van der Waals surface area contributed by atoms with E-state index in [4.69, 9.17) is 4.52 Å². The van der Waals surface area contributed by atoms with Gasteiger partial charge >= 0.3 is 0 Å². The van der Waals surface area contributed by atoms with Crippen LogP contribution in [0.3, 0.4) is 0 Å². The summed E-state index contributed by atoms with van der Waals surface area (Å²) in [6.45, 7) is 3.50. The first-order valence-electron chi connectivity index (χ1n) is 5.04. The number of aryl methyl sites for hydroxylation is 1. The van der Waals surface area contributed by atoms with Gasteiger partial charge in [-0.15, -0.1) is 0 Å². The number of Topliss-reactive ketones (excluding diaryl/α,β-unsaturated/α-hetero) is 1. The van der Waals surface area contributed by atoms with Crippen molar-refractivity contribution >= 4 is 5.78 Å². The maximum atomic E-state index is 10.9. The number of aromatic nitrogens is 2. The zero-order valence-electron chi connectivity index (χ0n) is 9.23. The second-order valence-electron chi connectivity index (χ2n) is 3.76. The molecule has 0 aliphatic heterocycles. The molecule has 82 valence electrons. The minimum absolute atomic E-state index is 0.0134. The molecular formula is C12H12N2O2. The summed E-state index contributed by atoms with van der Waals surface area (Å²) < 4.78 is 4.99. The molecule has 0 radical (unpaired) electrons. The van der Waals surface area contributed by atoms with E-state index >= 15 is 0 Å². The van der Waals surface area contributed by atoms with Gasteiger partial charge in [-0.1, -0.05) is 28.9 Å². The molecule has 0 bridgehead atoms. The predicted octanol–water partition coefficient (Wildman–Crippen LogP) is 2.18. The summed E-state index contributed by atoms with van der Waals surface area (Å²) in [5.74, 6) is 0.906. The summed E-state index contributed by atoms with van der Waals surface area (Å²) in [5.41, 5.74) is 2.04. The van der Waals surface area contributed by atoms with E-state index in [-0.39, 0.29) is 12.2 Å². The zero-order valence-corrected chi connectivity index (χ0v) is 9.23. The molecule has 2 rings (SSSR count). The molecule has 0 spiro atoms. The van der Waals surface area contributed by atoms with Crippen LogP contribution in [0, 0.1) is 6.92 Å². The monoisotopic (exact) mass is 216 g/mol. The van der Waals surface area contributed by atoms with Crippen molar-refractivity contribution in [3.63, 3.8) is 0 Å². The summed E-state index contributed by atoms with van der Waals surface area (Å²) in [6, 6.07) is 7.82. The average Bonchev–Trinajstić information content (AvgIpc) is 2.65. The maximum absolute atomic E-state index is 10.9. The van der Waals surface area contributed by atoms with Gasteiger partial charge in [0.15, 0.2) is 0 Å². The van der Waals surface area contributed by atoms with Crippen LogP contribution in [0.4, 0.5) is 0 Å². The zero-order chi connectivity index (χ0) is 11.5. The van der Waals surface area contributed by atoms with E-state index < -0.39 is 0 Å². The van der Waals surface area contributed by atoms with Crippen molar-refractivity contribution < 1.29 is 9.32 Å². The van der Waals surface area contributed by atoms with Gasteiger partial charge in [0.05, 0.1) is 6.42 Å². The Morgan fingerprint density at radius 2 is 2.25 bits per heavy atom. The fourth-order valence-electron chi connectivity index (χ4n) is 1.44. The molecule has 16 heavy (non-hydrogen) atoms. The van der Waals surface area contributed by atoms with E-state index in [1.54, 1.807) is 0 Å². The molecule has 0 N–H and O–H groups in total. The molecule has 0 saturated heterocycles. The lowest BCUT2D eigenvalue weighted by molar-refractivity contribution is -0.116. The Labute approximate surface area is 93.3 Å². The largest absolute Gasteiger partial charge is 0.339 e. The van der Waals surface area contributed by atoms with Crippen LogP contribution in [-0.2, 0) is 11.2 Å². The molecule has 1 aromatic carbocycles. The summed E-state index contributed by atoms with van der Waals surface area (Å²) in [5, 5.41) is 3.84. The number of rotatable bonds is 3. The standard InChI is InChI=1S/C12H12N2O2/c1-8-4-3-5-10(6-8)12-13-11(16-14-12)7-9(2)15/h3-6H,7H2,1-2H3. The topological polar surface area (TPSA) is 56.0 Å². The summed E-state index contributed by atoms with van der Waals surface area (Å²) in [6.07, 6.45) is 0.193. The van der Waals surface area contributed by atoms with E-state index in [9.17, 15) is 4.79 Å². The number of carbonyl (C=O) groups is 1. The van der Waals surface area contributed by atoms with Gasteiger partial charge in [-0.3, -0.25) is 4.79 Å². The van der Waals surface area contributed by atoms with E-state index in [0.717, 1.165) is 11.1 Å². The van der Waals surface area contributed by atoms with Gasteiger partial charge in [0.1, 0.15) is 5.78 Å². The molecule has 0 aliphatic rings. The van der Waals surface area contributed by atoms with Crippen LogP contribution in [0.2, 0.25) is 0 Å². The van der Waals surface area contributed by atoms with Gasteiger partial charge in [0.25, 0.3) is 0 Å². The van der Waals surface area contributed by atoms with E-state index in [1.165, 1.54) is 6.92 Å². The minimum Gasteiger partial charge on any atom is -0.339 e. The van der Waals surface area contributed by atoms with E-state index in [2.05, 4.69) is 10.1 Å². The summed E-state index contributed by atoms with van der Waals surface area (Å²) in [7, 11) is 0. The first-order chi connectivity index (χ1) is 7.65. The highest BCUT2D eigenvalue weighted by atomic mass is 16.5. The number of hydrogen-bond donors (Lipinski definition) is 0. The predicted molar refractivity (Wildman–Crippen MR) is 58.9 cm³/mol. The molecule has 0 fully saturated rings. The van der Waals surface area contributed by atoms with Gasteiger partial charge in [0, 0.05) is 5.56 Å². The average molecular weight is 216 g/mol. The SMILES string of the molecule is CC(=O)Cc1nc(-c2cccc(C)c2)no1. The molecule has 0 saturated carbocycles. The van der Waals surface area contributed by atoms with E-state index in [1.807, 2.05) is 31.2 Å². The van der Waals surface area contributed by atoms with Crippen molar-refractivity contribution in [2.75, 3.05) is 0 Å². The van der Waals surface area contributed by atoms with Crippen LogP contribution in [0.15, 0.2) is 28.8 Å². The second kappa shape index (κ2) is 4.26. The quantitative estimate of drug-likeness (QED) is 0.789. The van der Waals surface area contributed by atoms with Crippen LogP contribution in [0.1, 0.15) is 18.4 Å². The third-order valence-corrected chi connectivity index (χ3v) is 2.14. The van der Waals surface area contributed by atoms with Crippen LogP contribution in [-0.4, -0.2) is 15.9 Å². The number of benzene rings is 1. The van der Waals surface area contributed by atoms with Gasteiger partial charge in [0.2, 0.25) is 11.7 Å². The molecule has 0 atom stereocenters. The van der Waals surface area contributed by atoms with Crippen LogP contribution >= 0.6 is 0 Å². The van der Waals surface area contributed by atoms with Crippen molar-refractivity contribution in [3.8, 4) is 11.4 Å². The van der Waals surface area contributed by atoms with Crippen LogP contribution in [0.5, 0.6) is 0 Å².